The van der Waals surface area contributed by atoms with E-state index >= 15 is 0 Å². The quantitative estimate of drug-likeness (QED) is 0.560. The number of rotatable bonds is 4. The molecular formula is C10H19FN2O2. The molecule has 88 valence electrons. The molecule has 4 nitrogen and oxygen atoms in total. The summed E-state index contributed by atoms with van der Waals surface area (Å²) in [4.78, 5) is 11.1. The van der Waals surface area contributed by atoms with E-state index < -0.39 is 23.9 Å². The van der Waals surface area contributed by atoms with E-state index in [2.05, 4.69) is 17.4 Å². The minimum Gasteiger partial charge on any atom is -0.443 e. The van der Waals surface area contributed by atoms with Crippen LogP contribution in [0.4, 0.5) is 9.18 Å². The fourth-order valence-corrected chi connectivity index (χ4v) is 0.760. The van der Waals surface area contributed by atoms with Crippen molar-refractivity contribution in [2.24, 2.45) is 0 Å². The highest BCUT2D eigenvalue weighted by Gasteiger charge is 2.17. The molecule has 0 spiro atoms. The van der Waals surface area contributed by atoms with Crippen LogP contribution in [0.1, 0.15) is 27.7 Å². The Balaban J connectivity index is 3.86. The van der Waals surface area contributed by atoms with Gasteiger partial charge in [-0.2, -0.15) is 0 Å². The van der Waals surface area contributed by atoms with Gasteiger partial charge < -0.3 is 4.74 Å². The van der Waals surface area contributed by atoms with E-state index in [1.165, 1.54) is 0 Å². The Bertz CT molecular complexity index is 226. The highest BCUT2D eigenvalue weighted by molar-refractivity contribution is 5.67. The first-order valence-electron chi connectivity index (χ1n) is 4.77. The van der Waals surface area contributed by atoms with Gasteiger partial charge in [-0.25, -0.2) is 14.6 Å². The summed E-state index contributed by atoms with van der Waals surface area (Å²) in [6.45, 7) is 10.1. The van der Waals surface area contributed by atoms with E-state index in [-0.39, 0.29) is 0 Å². The molecule has 0 fully saturated rings. The van der Waals surface area contributed by atoms with Crippen LogP contribution in [0.2, 0.25) is 0 Å². The van der Waals surface area contributed by atoms with Gasteiger partial charge in [0.25, 0.3) is 0 Å². The third kappa shape index (κ3) is 6.90. The average molecular weight is 218 g/mol. The van der Waals surface area contributed by atoms with E-state index in [0.717, 1.165) is 6.08 Å². The number of carbonyl (C=O) groups excluding carboxylic acids is 1. The summed E-state index contributed by atoms with van der Waals surface area (Å²) in [6, 6.07) is -0.546. The van der Waals surface area contributed by atoms with E-state index in [1.807, 2.05) is 0 Å². The number of hydrazine groups is 1. The second kappa shape index (κ2) is 5.70. The zero-order valence-electron chi connectivity index (χ0n) is 9.63. The normalized spacial score (nSPS) is 15.3. The number of hydrogen-bond acceptors (Lipinski definition) is 3. The number of ether oxygens (including phenoxy) is 1. The molecule has 0 saturated heterocycles. The molecular weight excluding hydrogens is 199 g/mol. The Hall–Kier alpha value is -1.10. The lowest BCUT2D eigenvalue weighted by Crippen LogP contribution is -2.48. The molecule has 5 heteroatoms. The third-order valence-corrected chi connectivity index (χ3v) is 1.50. The first-order chi connectivity index (χ1) is 6.76. The summed E-state index contributed by atoms with van der Waals surface area (Å²) in [6.07, 6.45) is -0.695. The van der Waals surface area contributed by atoms with Crippen LogP contribution in [0, 0.1) is 0 Å². The van der Waals surface area contributed by atoms with Gasteiger partial charge >= 0.3 is 6.09 Å². The van der Waals surface area contributed by atoms with Crippen molar-refractivity contribution in [2.75, 3.05) is 0 Å². The van der Waals surface area contributed by atoms with Crippen molar-refractivity contribution in [2.45, 2.75) is 45.5 Å². The molecule has 0 aromatic heterocycles. The summed E-state index contributed by atoms with van der Waals surface area (Å²) < 4.78 is 17.9. The Morgan fingerprint density at radius 1 is 1.53 bits per heavy atom. The van der Waals surface area contributed by atoms with Gasteiger partial charge in [-0.05, 0) is 27.7 Å². The predicted octanol–water partition coefficient (Wildman–Crippen LogP) is 1.93. The van der Waals surface area contributed by atoms with Crippen LogP contribution in [0.15, 0.2) is 12.7 Å². The number of carbonyl (C=O) groups is 1. The maximum absolute atomic E-state index is 12.9. The summed E-state index contributed by atoms with van der Waals surface area (Å²) in [7, 11) is 0. The molecule has 0 radical (unpaired) electrons. The molecule has 0 aliphatic carbocycles. The van der Waals surface area contributed by atoms with Crippen LogP contribution in [-0.4, -0.2) is 23.9 Å². The monoisotopic (exact) mass is 218 g/mol. The van der Waals surface area contributed by atoms with Gasteiger partial charge in [0.2, 0.25) is 0 Å². The first kappa shape index (κ1) is 13.9. The fraction of sp³-hybridized carbons (Fsp3) is 0.700. The number of nitrogens with one attached hydrogen (secondary N) is 2. The molecule has 2 N–H and O–H groups in total. The lowest BCUT2D eigenvalue weighted by molar-refractivity contribution is 0.0482. The summed E-state index contributed by atoms with van der Waals surface area (Å²) in [5, 5.41) is 0. The maximum atomic E-state index is 12.9. The zero-order valence-corrected chi connectivity index (χ0v) is 9.63. The van der Waals surface area contributed by atoms with Crippen molar-refractivity contribution in [3.63, 3.8) is 0 Å². The molecule has 2 unspecified atom stereocenters. The molecule has 1 amide bonds. The van der Waals surface area contributed by atoms with Gasteiger partial charge in [-0.15, -0.1) is 6.58 Å². The maximum Gasteiger partial charge on any atom is 0.422 e. The van der Waals surface area contributed by atoms with Crippen LogP contribution in [-0.2, 0) is 4.74 Å². The van der Waals surface area contributed by atoms with Crippen molar-refractivity contribution < 1.29 is 13.9 Å². The van der Waals surface area contributed by atoms with Gasteiger partial charge in [0.15, 0.2) is 0 Å². The van der Waals surface area contributed by atoms with Crippen LogP contribution in [0.3, 0.4) is 0 Å². The molecule has 0 bridgehead atoms. The second-order valence-electron chi connectivity index (χ2n) is 4.24. The number of hydrogen-bond donors (Lipinski definition) is 2. The van der Waals surface area contributed by atoms with Crippen molar-refractivity contribution in [1.82, 2.24) is 10.9 Å². The predicted molar refractivity (Wildman–Crippen MR) is 57.1 cm³/mol. The molecule has 0 aromatic rings. The lowest BCUT2D eigenvalue weighted by Gasteiger charge is -2.21. The summed E-state index contributed by atoms with van der Waals surface area (Å²) >= 11 is 0. The topological polar surface area (TPSA) is 50.4 Å². The largest absolute Gasteiger partial charge is 0.443 e. The van der Waals surface area contributed by atoms with Crippen molar-refractivity contribution in [3.05, 3.63) is 12.7 Å². The van der Waals surface area contributed by atoms with Gasteiger partial charge in [-0.3, -0.25) is 5.43 Å². The first-order valence-corrected chi connectivity index (χ1v) is 4.77. The van der Waals surface area contributed by atoms with E-state index in [1.54, 1.807) is 27.7 Å². The number of amides is 1. The smallest absolute Gasteiger partial charge is 0.422 e. The van der Waals surface area contributed by atoms with Crippen LogP contribution >= 0.6 is 0 Å². The van der Waals surface area contributed by atoms with E-state index in [9.17, 15) is 9.18 Å². The van der Waals surface area contributed by atoms with Gasteiger partial charge in [-0.1, -0.05) is 6.08 Å². The van der Waals surface area contributed by atoms with Gasteiger partial charge in [0.05, 0.1) is 6.04 Å². The van der Waals surface area contributed by atoms with E-state index in [0.29, 0.717) is 0 Å². The minimum atomic E-state index is -1.22. The molecule has 0 rings (SSSR count). The van der Waals surface area contributed by atoms with Crippen molar-refractivity contribution in [1.29, 1.82) is 0 Å². The zero-order chi connectivity index (χ0) is 12.1. The van der Waals surface area contributed by atoms with Crippen molar-refractivity contribution >= 4 is 6.09 Å². The second-order valence-corrected chi connectivity index (χ2v) is 4.24. The molecule has 0 saturated carbocycles. The van der Waals surface area contributed by atoms with Crippen LogP contribution in [0.5, 0.6) is 0 Å². The van der Waals surface area contributed by atoms with Crippen LogP contribution < -0.4 is 10.9 Å². The number of halogens is 1. The molecule has 0 heterocycles. The van der Waals surface area contributed by atoms with Gasteiger partial charge in [0.1, 0.15) is 11.8 Å². The Morgan fingerprint density at radius 2 is 2.07 bits per heavy atom. The highest BCUT2D eigenvalue weighted by Crippen LogP contribution is 2.06. The molecule has 0 aliphatic rings. The molecule has 0 aliphatic heterocycles. The summed E-state index contributed by atoms with van der Waals surface area (Å²) in [5.74, 6) is 0. The van der Waals surface area contributed by atoms with Gasteiger partial charge in [0, 0.05) is 0 Å². The van der Waals surface area contributed by atoms with E-state index in [4.69, 9.17) is 4.74 Å². The third-order valence-electron chi connectivity index (χ3n) is 1.50. The number of alkyl halides is 1. The Morgan fingerprint density at radius 3 is 2.47 bits per heavy atom. The standard InChI is InChI=1S/C10H19FN2O2/c1-6-8(11)7(2)12-13-9(14)15-10(3,4)5/h6-8,12H,1H2,2-5H3,(H,13,14). The van der Waals surface area contributed by atoms with Crippen molar-refractivity contribution in [3.8, 4) is 0 Å². The SMILES string of the molecule is C=CC(F)C(C)NNC(=O)OC(C)(C)C. The minimum absolute atomic E-state index is 0.546. The summed E-state index contributed by atoms with van der Waals surface area (Å²) in [5.41, 5.74) is 4.17. The Kier molecular flexibility index (Phi) is 5.28. The average Bonchev–Trinajstić information content (AvgIpc) is 2.10. The molecule has 0 aromatic carbocycles. The molecule has 2 atom stereocenters. The fourth-order valence-electron chi connectivity index (χ4n) is 0.760. The molecule has 15 heavy (non-hydrogen) atoms. The Labute approximate surface area is 89.8 Å². The van der Waals surface area contributed by atoms with Crippen LogP contribution in [0.25, 0.3) is 0 Å². The highest BCUT2D eigenvalue weighted by atomic mass is 19.1. The lowest BCUT2D eigenvalue weighted by atomic mass is 10.2.